The summed E-state index contributed by atoms with van der Waals surface area (Å²) in [6.07, 6.45) is 0.104. The summed E-state index contributed by atoms with van der Waals surface area (Å²) in [6, 6.07) is 10.7. The highest BCUT2D eigenvalue weighted by Gasteiger charge is 2.28. The van der Waals surface area contributed by atoms with E-state index in [2.05, 4.69) is 54.1 Å². The van der Waals surface area contributed by atoms with E-state index in [9.17, 15) is 0 Å². The van der Waals surface area contributed by atoms with Crippen molar-refractivity contribution in [2.75, 3.05) is 20.3 Å². The number of methoxy groups -OCH3 is 1. The maximum Gasteiger partial charge on any atom is 0.233 e. The van der Waals surface area contributed by atoms with Crippen LogP contribution in [0.2, 0.25) is 0 Å². The monoisotopic (exact) mass is 327 g/mol. The molecule has 0 N–H and O–H groups in total. The molecule has 0 saturated carbocycles. The first-order chi connectivity index (χ1) is 11.6. The van der Waals surface area contributed by atoms with Crippen LogP contribution in [0, 0.1) is 13.8 Å². The van der Waals surface area contributed by atoms with E-state index in [4.69, 9.17) is 9.47 Å². The second kappa shape index (κ2) is 7.28. The summed E-state index contributed by atoms with van der Waals surface area (Å²) < 4.78 is 11.2. The maximum atomic E-state index is 6.12. The lowest BCUT2D eigenvalue weighted by molar-refractivity contribution is -0.0640. The summed E-state index contributed by atoms with van der Waals surface area (Å²) in [6.45, 7) is 8.81. The second-order valence-electron chi connectivity index (χ2n) is 6.53. The first-order valence-electron chi connectivity index (χ1n) is 8.36. The molecular weight excluding hydrogens is 302 g/mol. The van der Waals surface area contributed by atoms with Gasteiger partial charge in [0.15, 0.2) is 0 Å². The summed E-state index contributed by atoms with van der Waals surface area (Å²) in [5, 5.41) is 8.31. The van der Waals surface area contributed by atoms with Gasteiger partial charge in [0.05, 0.1) is 25.5 Å². The highest BCUT2D eigenvalue weighted by molar-refractivity contribution is 5.32. The van der Waals surface area contributed by atoms with Gasteiger partial charge in [-0.1, -0.05) is 23.8 Å². The number of ether oxygens (including phenoxy) is 2. The number of aryl methyl sites for hydroxylation is 2. The number of nitrogens with zero attached hydrogens (tertiary/aromatic N) is 3. The topological polar surface area (TPSA) is 47.5 Å². The van der Waals surface area contributed by atoms with E-state index in [1.165, 1.54) is 16.7 Å². The number of benzene rings is 1. The lowest BCUT2D eigenvalue weighted by Gasteiger charge is -2.38. The number of rotatable bonds is 4. The van der Waals surface area contributed by atoms with Gasteiger partial charge in [-0.2, -0.15) is 5.10 Å². The van der Waals surface area contributed by atoms with Crippen molar-refractivity contribution in [3.8, 4) is 5.88 Å². The van der Waals surface area contributed by atoms with Crippen LogP contribution in [0.3, 0.4) is 0 Å². The van der Waals surface area contributed by atoms with Crippen LogP contribution in [-0.2, 0) is 11.3 Å². The molecule has 1 aliphatic heterocycles. The van der Waals surface area contributed by atoms with Gasteiger partial charge in [-0.15, -0.1) is 5.10 Å². The fourth-order valence-corrected chi connectivity index (χ4v) is 3.07. The Morgan fingerprint density at radius 1 is 1.21 bits per heavy atom. The Labute approximate surface area is 143 Å². The first-order valence-corrected chi connectivity index (χ1v) is 8.36. The summed E-state index contributed by atoms with van der Waals surface area (Å²) in [7, 11) is 1.60. The third-order valence-corrected chi connectivity index (χ3v) is 4.61. The van der Waals surface area contributed by atoms with E-state index >= 15 is 0 Å². The van der Waals surface area contributed by atoms with Crippen LogP contribution in [0.5, 0.6) is 5.88 Å². The van der Waals surface area contributed by atoms with Gasteiger partial charge in [-0.25, -0.2) is 0 Å². The molecule has 2 heterocycles. The SMILES string of the molecule is COc1ccc(CN2C[C@@H](c3cc(C)ccc3C)OC[C@H]2C)nn1. The van der Waals surface area contributed by atoms with Crippen LogP contribution in [0.15, 0.2) is 30.3 Å². The van der Waals surface area contributed by atoms with Crippen molar-refractivity contribution >= 4 is 0 Å². The minimum Gasteiger partial charge on any atom is -0.480 e. The molecule has 0 amide bonds. The Hall–Kier alpha value is -1.98. The minimum absolute atomic E-state index is 0.104. The van der Waals surface area contributed by atoms with Gasteiger partial charge < -0.3 is 9.47 Å². The molecule has 24 heavy (non-hydrogen) atoms. The third kappa shape index (κ3) is 3.74. The average molecular weight is 327 g/mol. The van der Waals surface area contributed by atoms with Gasteiger partial charge in [-0.05, 0) is 38.0 Å². The zero-order valence-corrected chi connectivity index (χ0v) is 14.8. The van der Waals surface area contributed by atoms with Crippen LogP contribution in [0.1, 0.15) is 35.4 Å². The molecule has 3 rings (SSSR count). The minimum atomic E-state index is 0.104. The maximum absolute atomic E-state index is 6.12. The van der Waals surface area contributed by atoms with Crippen molar-refractivity contribution in [2.24, 2.45) is 0 Å². The lowest BCUT2D eigenvalue weighted by Crippen LogP contribution is -2.44. The molecular formula is C19H25N3O2. The number of morpholine rings is 1. The van der Waals surface area contributed by atoms with Crippen LogP contribution in [-0.4, -0.2) is 41.4 Å². The van der Waals surface area contributed by atoms with Crippen molar-refractivity contribution in [3.05, 3.63) is 52.7 Å². The van der Waals surface area contributed by atoms with E-state index in [0.29, 0.717) is 11.9 Å². The Morgan fingerprint density at radius 2 is 2.04 bits per heavy atom. The van der Waals surface area contributed by atoms with Gasteiger partial charge in [0.1, 0.15) is 0 Å². The van der Waals surface area contributed by atoms with Crippen LogP contribution < -0.4 is 4.74 Å². The molecule has 1 aromatic carbocycles. The Bertz CT molecular complexity index is 688. The van der Waals surface area contributed by atoms with Gasteiger partial charge in [-0.3, -0.25) is 4.90 Å². The molecule has 0 spiro atoms. The molecule has 1 aliphatic rings. The van der Waals surface area contributed by atoms with Crippen LogP contribution in [0.25, 0.3) is 0 Å². The van der Waals surface area contributed by atoms with E-state index in [1.807, 2.05) is 12.1 Å². The normalized spacial score (nSPS) is 21.7. The van der Waals surface area contributed by atoms with Crippen molar-refractivity contribution < 1.29 is 9.47 Å². The summed E-state index contributed by atoms with van der Waals surface area (Å²) in [5.41, 5.74) is 4.78. The Kier molecular flexibility index (Phi) is 5.11. The summed E-state index contributed by atoms with van der Waals surface area (Å²) in [4.78, 5) is 2.41. The van der Waals surface area contributed by atoms with E-state index < -0.39 is 0 Å². The fraction of sp³-hybridized carbons (Fsp3) is 0.474. The number of hydrogen-bond acceptors (Lipinski definition) is 5. The first kappa shape index (κ1) is 16.9. The lowest BCUT2D eigenvalue weighted by atomic mass is 9.99. The number of hydrogen-bond donors (Lipinski definition) is 0. The van der Waals surface area contributed by atoms with E-state index in [1.54, 1.807) is 7.11 Å². The van der Waals surface area contributed by atoms with E-state index in [0.717, 1.165) is 25.4 Å². The van der Waals surface area contributed by atoms with Crippen molar-refractivity contribution in [1.82, 2.24) is 15.1 Å². The summed E-state index contributed by atoms with van der Waals surface area (Å²) in [5.74, 6) is 0.544. The highest BCUT2D eigenvalue weighted by Crippen LogP contribution is 2.28. The smallest absolute Gasteiger partial charge is 0.233 e. The molecule has 0 bridgehead atoms. The standard InChI is InChI=1S/C19H25N3O2/c1-13-5-6-14(2)17(9-13)18-11-22(15(3)12-24-18)10-16-7-8-19(23-4)21-20-16/h5-9,15,18H,10-12H2,1-4H3/t15-,18+/m1/s1. The zero-order valence-electron chi connectivity index (χ0n) is 14.8. The Balaban J connectivity index is 1.74. The second-order valence-corrected chi connectivity index (χ2v) is 6.53. The molecule has 1 aromatic heterocycles. The molecule has 0 unspecified atom stereocenters. The predicted molar refractivity (Wildman–Crippen MR) is 93.1 cm³/mol. The zero-order chi connectivity index (χ0) is 17.1. The van der Waals surface area contributed by atoms with Gasteiger partial charge >= 0.3 is 0 Å². The van der Waals surface area contributed by atoms with Gasteiger partial charge in [0, 0.05) is 25.2 Å². The van der Waals surface area contributed by atoms with Gasteiger partial charge in [0.2, 0.25) is 5.88 Å². The van der Waals surface area contributed by atoms with Crippen molar-refractivity contribution in [1.29, 1.82) is 0 Å². The van der Waals surface area contributed by atoms with E-state index in [-0.39, 0.29) is 6.10 Å². The number of aromatic nitrogens is 2. The molecule has 2 aromatic rings. The fourth-order valence-electron chi connectivity index (χ4n) is 3.07. The predicted octanol–water partition coefficient (Wildman–Crippen LogP) is 3.06. The van der Waals surface area contributed by atoms with Crippen molar-refractivity contribution in [2.45, 2.75) is 39.5 Å². The molecule has 5 nitrogen and oxygen atoms in total. The van der Waals surface area contributed by atoms with Crippen LogP contribution in [0.4, 0.5) is 0 Å². The van der Waals surface area contributed by atoms with Crippen LogP contribution >= 0.6 is 0 Å². The highest BCUT2D eigenvalue weighted by atomic mass is 16.5. The molecule has 0 radical (unpaired) electrons. The van der Waals surface area contributed by atoms with Crippen molar-refractivity contribution in [3.63, 3.8) is 0 Å². The Morgan fingerprint density at radius 3 is 2.75 bits per heavy atom. The molecule has 2 atom stereocenters. The largest absolute Gasteiger partial charge is 0.480 e. The quantitative estimate of drug-likeness (QED) is 0.864. The average Bonchev–Trinajstić information content (AvgIpc) is 2.60. The molecule has 128 valence electrons. The third-order valence-electron chi connectivity index (χ3n) is 4.61. The molecule has 1 saturated heterocycles. The molecule has 5 heteroatoms. The molecule has 0 aliphatic carbocycles. The molecule has 1 fully saturated rings. The van der Waals surface area contributed by atoms with Gasteiger partial charge in [0.25, 0.3) is 0 Å². The summed E-state index contributed by atoms with van der Waals surface area (Å²) >= 11 is 0.